The second kappa shape index (κ2) is 8.97. The number of nitrogens with zero attached hydrogens (tertiary/aromatic N) is 2. The quantitative estimate of drug-likeness (QED) is 0.714. The maximum absolute atomic E-state index is 12.8. The van der Waals surface area contributed by atoms with Crippen molar-refractivity contribution in [1.29, 1.82) is 0 Å². The van der Waals surface area contributed by atoms with E-state index in [1.54, 1.807) is 35.4 Å². The van der Waals surface area contributed by atoms with Crippen LogP contribution in [0.4, 0.5) is 5.69 Å². The molecule has 0 aliphatic carbocycles. The summed E-state index contributed by atoms with van der Waals surface area (Å²) in [5, 5.41) is 6.55. The van der Waals surface area contributed by atoms with Crippen LogP contribution in [0.25, 0.3) is 0 Å². The minimum atomic E-state index is -0.655. The molecule has 140 valence electrons. The van der Waals surface area contributed by atoms with Gasteiger partial charge in [0, 0.05) is 9.92 Å². The van der Waals surface area contributed by atoms with E-state index in [2.05, 4.69) is 5.10 Å². The van der Waals surface area contributed by atoms with Crippen LogP contribution >= 0.6 is 23.4 Å². The van der Waals surface area contributed by atoms with Crippen LogP contribution in [-0.4, -0.2) is 17.6 Å². The molecule has 2 aromatic rings. The predicted octanol–water partition coefficient (Wildman–Crippen LogP) is 4.64. The lowest BCUT2D eigenvalue weighted by molar-refractivity contribution is -0.111. The normalized spacial score (nSPS) is 16.5. The number of thioether (sulfide) groups is 1. The Bertz CT molecular complexity index is 853. The van der Waals surface area contributed by atoms with Crippen molar-refractivity contribution >= 4 is 40.0 Å². The first-order valence-electron chi connectivity index (χ1n) is 8.59. The molecule has 2 N–H and O–H groups in total. The highest BCUT2D eigenvalue weighted by Gasteiger charge is 2.30. The topological polar surface area (TPSA) is 67.9 Å². The number of halogens is 1. The van der Waals surface area contributed by atoms with E-state index in [1.165, 1.54) is 0 Å². The number of carbonyl (C=O) groups is 1. The fourth-order valence-corrected chi connectivity index (χ4v) is 3.41. The SMILES string of the molecule is CCCOC1=CC(C(=O)Sc2ccc(Cl)cc2)C(N)=NN1c1ccccc1. The van der Waals surface area contributed by atoms with Gasteiger partial charge in [0.15, 0.2) is 0 Å². The van der Waals surface area contributed by atoms with E-state index in [-0.39, 0.29) is 11.0 Å². The van der Waals surface area contributed by atoms with Gasteiger partial charge >= 0.3 is 0 Å². The molecule has 0 aromatic heterocycles. The van der Waals surface area contributed by atoms with Gasteiger partial charge in [-0.25, -0.2) is 0 Å². The van der Waals surface area contributed by atoms with Crippen molar-refractivity contribution in [3.8, 4) is 0 Å². The minimum absolute atomic E-state index is 0.121. The summed E-state index contributed by atoms with van der Waals surface area (Å²) in [5.74, 6) is 0.0824. The summed E-state index contributed by atoms with van der Waals surface area (Å²) in [7, 11) is 0. The van der Waals surface area contributed by atoms with Crippen molar-refractivity contribution in [2.45, 2.75) is 18.2 Å². The van der Waals surface area contributed by atoms with Gasteiger partial charge in [0.2, 0.25) is 11.0 Å². The van der Waals surface area contributed by atoms with Gasteiger partial charge in [-0.15, -0.1) is 0 Å². The average Bonchev–Trinajstić information content (AvgIpc) is 2.69. The molecule has 5 nitrogen and oxygen atoms in total. The lowest BCUT2D eigenvalue weighted by Gasteiger charge is -2.28. The summed E-state index contributed by atoms with van der Waals surface area (Å²) in [6, 6.07) is 16.7. The van der Waals surface area contributed by atoms with Gasteiger partial charge in [-0.1, -0.05) is 48.5 Å². The fourth-order valence-electron chi connectivity index (χ4n) is 2.47. The number of para-hydroxylation sites is 1. The van der Waals surface area contributed by atoms with Crippen LogP contribution in [0.3, 0.4) is 0 Å². The number of hydrogen-bond acceptors (Lipinski definition) is 6. The van der Waals surface area contributed by atoms with Gasteiger partial charge in [0.25, 0.3) is 0 Å². The Morgan fingerprint density at radius 2 is 1.93 bits per heavy atom. The van der Waals surface area contributed by atoms with Crippen molar-refractivity contribution in [2.24, 2.45) is 16.8 Å². The van der Waals surface area contributed by atoms with E-state index in [9.17, 15) is 4.79 Å². The third kappa shape index (κ3) is 4.84. The third-order valence-electron chi connectivity index (χ3n) is 3.79. The molecule has 0 fully saturated rings. The van der Waals surface area contributed by atoms with Crippen LogP contribution in [0.5, 0.6) is 0 Å². The van der Waals surface area contributed by atoms with Crippen LogP contribution in [0.1, 0.15) is 13.3 Å². The smallest absolute Gasteiger partial charge is 0.212 e. The Morgan fingerprint density at radius 3 is 2.59 bits per heavy atom. The second-order valence-electron chi connectivity index (χ2n) is 5.88. The third-order valence-corrected chi connectivity index (χ3v) is 5.01. The first kappa shape index (κ1) is 19.3. The Balaban J connectivity index is 1.84. The summed E-state index contributed by atoms with van der Waals surface area (Å²) >= 11 is 7.01. The molecule has 1 atom stereocenters. The second-order valence-corrected chi connectivity index (χ2v) is 7.39. The molecule has 0 radical (unpaired) electrons. The zero-order valence-corrected chi connectivity index (χ0v) is 16.4. The predicted molar refractivity (Wildman–Crippen MR) is 111 cm³/mol. The number of carbonyl (C=O) groups excluding carboxylic acids is 1. The van der Waals surface area contributed by atoms with Crippen molar-refractivity contribution in [2.75, 3.05) is 11.6 Å². The molecule has 0 spiro atoms. The van der Waals surface area contributed by atoms with E-state index >= 15 is 0 Å². The number of hydrogen-bond donors (Lipinski definition) is 1. The molecule has 0 bridgehead atoms. The van der Waals surface area contributed by atoms with Crippen LogP contribution in [0, 0.1) is 5.92 Å². The monoisotopic (exact) mass is 401 g/mol. The molecule has 2 aromatic carbocycles. The molecule has 0 amide bonds. The maximum atomic E-state index is 12.8. The lowest BCUT2D eigenvalue weighted by atomic mass is 10.1. The molecule has 1 unspecified atom stereocenters. The van der Waals surface area contributed by atoms with Crippen LogP contribution in [0.2, 0.25) is 5.02 Å². The Hall–Kier alpha value is -2.44. The number of rotatable bonds is 6. The zero-order valence-electron chi connectivity index (χ0n) is 14.8. The highest BCUT2D eigenvalue weighted by atomic mass is 35.5. The Kier molecular flexibility index (Phi) is 6.42. The van der Waals surface area contributed by atoms with Crippen molar-refractivity contribution in [3.63, 3.8) is 0 Å². The number of ether oxygens (including phenoxy) is 1. The number of anilines is 1. The van der Waals surface area contributed by atoms with Gasteiger partial charge < -0.3 is 10.5 Å². The lowest BCUT2D eigenvalue weighted by Crippen LogP contribution is -2.37. The van der Waals surface area contributed by atoms with Crippen LogP contribution < -0.4 is 10.7 Å². The Labute approximate surface area is 167 Å². The highest BCUT2D eigenvalue weighted by molar-refractivity contribution is 8.13. The minimum Gasteiger partial charge on any atom is -0.478 e. The molecule has 0 saturated carbocycles. The molecule has 1 aliphatic rings. The standard InChI is InChI=1S/C20H20ClN3O2S/c1-2-12-26-18-13-17(20(25)27-16-10-8-14(21)9-11-16)19(22)23-24(18)15-6-4-3-5-7-15/h3-11,13,17H,2,12H2,1H3,(H2,22,23). The van der Waals surface area contributed by atoms with Crippen LogP contribution in [-0.2, 0) is 9.53 Å². The summed E-state index contributed by atoms with van der Waals surface area (Å²) < 4.78 is 5.84. The summed E-state index contributed by atoms with van der Waals surface area (Å²) in [5.41, 5.74) is 6.95. The molecular weight excluding hydrogens is 382 g/mol. The van der Waals surface area contributed by atoms with E-state index in [0.717, 1.165) is 28.8 Å². The molecule has 3 rings (SSSR count). The highest BCUT2D eigenvalue weighted by Crippen LogP contribution is 2.30. The van der Waals surface area contributed by atoms with Gasteiger partial charge in [-0.05, 0) is 48.9 Å². The Morgan fingerprint density at radius 1 is 1.22 bits per heavy atom. The molecule has 0 saturated heterocycles. The van der Waals surface area contributed by atoms with Crippen molar-refractivity contribution in [3.05, 3.63) is 71.6 Å². The maximum Gasteiger partial charge on any atom is 0.212 e. The fraction of sp³-hybridized carbons (Fsp3) is 0.200. The van der Waals surface area contributed by atoms with Crippen molar-refractivity contribution in [1.82, 2.24) is 0 Å². The molecule has 7 heteroatoms. The van der Waals surface area contributed by atoms with Gasteiger partial charge in [-0.2, -0.15) is 10.1 Å². The average molecular weight is 402 g/mol. The van der Waals surface area contributed by atoms with E-state index in [0.29, 0.717) is 17.5 Å². The molecule has 1 aliphatic heterocycles. The first-order chi connectivity index (χ1) is 13.1. The molecule has 27 heavy (non-hydrogen) atoms. The summed E-state index contributed by atoms with van der Waals surface area (Å²) in [4.78, 5) is 13.6. The number of benzene rings is 2. The largest absolute Gasteiger partial charge is 0.478 e. The molecule has 1 heterocycles. The zero-order chi connectivity index (χ0) is 19.2. The first-order valence-corrected chi connectivity index (χ1v) is 9.79. The van der Waals surface area contributed by atoms with E-state index < -0.39 is 5.92 Å². The number of amidine groups is 1. The number of nitrogens with two attached hydrogens (primary N) is 1. The molecular formula is C20H20ClN3O2S. The summed E-state index contributed by atoms with van der Waals surface area (Å²) in [6.07, 6.45) is 2.58. The summed E-state index contributed by atoms with van der Waals surface area (Å²) in [6.45, 7) is 2.54. The van der Waals surface area contributed by atoms with Gasteiger partial charge in [0.1, 0.15) is 11.8 Å². The van der Waals surface area contributed by atoms with Crippen molar-refractivity contribution < 1.29 is 9.53 Å². The van der Waals surface area contributed by atoms with Gasteiger partial charge in [0.05, 0.1) is 12.3 Å². The van der Waals surface area contributed by atoms with Crippen LogP contribution in [0.15, 0.2) is 76.6 Å². The number of hydrazone groups is 1. The van der Waals surface area contributed by atoms with E-state index in [1.807, 2.05) is 37.3 Å². The van der Waals surface area contributed by atoms with E-state index in [4.69, 9.17) is 22.1 Å². The van der Waals surface area contributed by atoms with Gasteiger partial charge in [-0.3, -0.25) is 4.79 Å².